The zero-order valence-electron chi connectivity index (χ0n) is 7.48. The van der Waals surface area contributed by atoms with E-state index in [0.29, 0.717) is 6.61 Å². The molecule has 0 heterocycles. The Balaban J connectivity index is 4.14. The van der Waals surface area contributed by atoms with Crippen molar-refractivity contribution in [2.75, 3.05) is 13.0 Å². The van der Waals surface area contributed by atoms with Gasteiger partial charge in [-0.3, -0.25) is 9.09 Å². The van der Waals surface area contributed by atoms with Crippen molar-refractivity contribution in [3.8, 4) is 0 Å². The van der Waals surface area contributed by atoms with Gasteiger partial charge >= 0.3 is 7.60 Å². The zero-order chi connectivity index (χ0) is 9.83. The van der Waals surface area contributed by atoms with Crippen LogP contribution >= 0.6 is 7.60 Å². The molecule has 0 fully saturated rings. The Labute approximate surface area is 71.8 Å². The molecule has 0 rings (SSSR count). The summed E-state index contributed by atoms with van der Waals surface area (Å²) in [6.07, 6.45) is -0.899. The third kappa shape index (κ3) is 4.85. The molecule has 6 heteroatoms. The lowest BCUT2D eigenvalue weighted by molar-refractivity contribution is -0.157. The Morgan fingerprint density at radius 3 is 2.33 bits per heavy atom. The minimum Gasteiger partial charge on any atom is -0.384 e. The van der Waals surface area contributed by atoms with Crippen molar-refractivity contribution in [1.29, 1.82) is 0 Å². The van der Waals surface area contributed by atoms with Gasteiger partial charge < -0.3 is 14.7 Å². The fourth-order valence-electron chi connectivity index (χ4n) is 0.746. The van der Waals surface area contributed by atoms with Crippen LogP contribution in [0.15, 0.2) is 0 Å². The Morgan fingerprint density at radius 2 is 2.00 bits per heavy atom. The van der Waals surface area contributed by atoms with Crippen molar-refractivity contribution in [2.24, 2.45) is 0 Å². The summed E-state index contributed by atoms with van der Waals surface area (Å²) in [4.78, 5) is 8.89. The molecule has 0 aliphatic heterocycles. The molecule has 0 saturated heterocycles. The van der Waals surface area contributed by atoms with Gasteiger partial charge in [-0.25, -0.2) is 0 Å². The van der Waals surface area contributed by atoms with Crippen molar-refractivity contribution in [3.05, 3.63) is 0 Å². The number of hydrogen-bond donors (Lipinski definition) is 2. The summed E-state index contributed by atoms with van der Waals surface area (Å²) in [5.41, 5.74) is 0. The van der Waals surface area contributed by atoms with Crippen molar-refractivity contribution in [2.45, 2.75) is 26.6 Å². The molecule has 0 saturated carbocycles. The molecule has 0 radical (unpaired) electrons. The van der Waals surface area contributed by atoms with Crippen molar-refractivity contribution < 1.29 is 23.8 Å². The van der Waals surface area contributed by atoms with Gasteiger partial charge in [0.05, 0.1) is 0 Å². The van der Waals surface area contributed by atoms with Crippen molar-refractivity contribution in [3.63, 3.8) is 0 Å². The highest BCUT2D eigenvalue weighted by molar-refractivity contribution is 7.52. The number of ether oxygens (including phenoxy) is 1. The zero-order valence-corrected chi connectivity index (χ0v) is 8.38. The first-order valence-corrected chi connectivity index (χ1v) is 5.36. The van der Waals surface area contributed by atoms with E-state index in [1.165, 1.54) is 13.8 Å². The summed E-state index contributed by atoms with van der Waals surface area (Å²) in [6, 6.07) is 0. The Kier molecular flexibility index (Phi) is 4.37. The van der Waals surface area contributed by atoms with Crippen LogP contribution in [-0.2, 0) is 13.8 Å². The topological polar surface area (TPSA) is 76.0 Å². The van der Waals surface area contributed by atoms with E-state index in [0.717, 1.165) is 0 Å². The minimum absolute atomic E-state index is 0.373. The van der Waals surface area contributed by atoms with Gasteiger partial charge in [0.15, 0.2) is 5.79 Å². The molecule has 1 unspecified atom stereocenters. The summed E-state index contributed by atoms with van der Waals surface area (Å²) in [5.74, 6) is -1.14. The highest BCUT2D eigenvalue weighted by atomic mass is 31.2. The van der Waals surface area contributed by atoms with E-state index in [2.05, 4.69) is 4.52 Å². The maximum atomic E-state index is 10.9. The van der Waals surface area contributed by atoms with Gasteiger partial charge in [-0.1, -0.05) is 0 Å². The number of aliphatic hydroxyl groups excluding tert-OH is 1. The van der Waals surface area contributed by atoms with Crippen molar-refractivity contribution in [1.82, 2.24) is 0 Å². The van der Waals surface area contributed by atoms with Crippen LogP contribution in [0.1, 0.15) is 20.8 Å². The van der Waals surface area contributed by atoms with Crippen molar-refractivity contribution >= 4 is 7.60 Å². The van der Waals surface area contributed by atoms with E-state index in [9.17, 15) is 4.57 Å². The second-order valence-corrected chi connectivity index (χ2v) is 4.44. The van der Waals surface area contributed by atoms with Gasteiger partial charge in [0.1, 0.15) is 6.35 Å². The molecule has 0 aromatic heterocycles. The van der Waals surface area contributed by atoms with Crippen LogP contribution in [0.2, 0.25) is 0 Å². The number of hydrogen-bond acceptors (Lipinski definition) is 4. The largest absolute Gasteiger partial charge is 0.384 e. The summed E-state index contributed by atoms with van der Waals surface area (Å²) in [6.45, 7) is 5.13. The highest BCUT2D eigenvalue weighted by Gasteiger charge is 2.30. The molecular formula is C6H15O5P. The predicted molar refractivity (Wildman–Crippen MR) is 43.7 cm³/mol. The lowest BCUT2D eigenvalue weighted by Crippen LogP contribution is -2.27. The van der Waals surface area contributed by atoms with Crippen LogP contribution in [0.25, 0.3) is 0 Å². The van der Waals surface area contributed by atoms with E-state index >= 15 is 0 Å². The molecule has 12 heavy (non-hydrogen) atoms. The number of aliphatic hydroxyl groups is 1. The van der Waals surface area contributed by atoms with Gasteiger partial charge in [-0.2, -0.15) is 0 Å². The summed E-state index contributed by atoms with van der Waals surface area (Å²) in [5, 5.41) is 8.43. The first-order valence-electron chi connectivity index (χ1n) is 3.60. The maximum Gasteiger partial charge on any atom is 0.355 e. The summed E-state index contributed by atoms with van der Waals surface area (Å²) < 4.78 is 20.5. The Hall–Kier alpha value is 0.0700. The molecule has 0 amide bonds. The van der Waals surface area contributed by atoms with Crippen LogP contribution in [0.4, 0.5) is 0 Å². The average Bonchev–Trinajstić information content (AvgIpc) is 1.85. The third-order valence-corrected chi connectivity index (χ3v) is 2.12. The van der Waals surface area contributed by atoms with Crippen LogP contribution in [0, 0.1) is 0 Å². The Bertz CT molecular complexity index is 179. The molecule has 2 N–H and O–H groups in total. The molecular weight excluding hydrogens is 183 g/mol. The van der Waals surface area contributed by atoms with Gasteiger partial charge in [0.25, 0.3) is 0 Å². The van der Waals surface area contributed by atoms with Gasteiger partial charge in [0.2, 0.25) is 0 Å². The fourth-order valence-corrected chi connectivity index (χ4v) is 1.54. The monoisotopic (exact) mass is 198 g/mol. The first-order chi connectivity index (χ1) is 5.33. The van der Waals surface area contributed by atoms with E-state index in [-0.39, 0.29) is 0 Å². The predicted octanol–water partition coefficient (Wildman–Crippen LogP) is 0.911. The molecule has 5 nitrogen and oxygen atoms in total. The second kappa shape index (κ2) is 4.35. The molecule has 0 aromatic carbocycles. The minimum atomic E-state index is -3.89. The van der Waals surface area contributed by atoms with Crippen LogP contribution in [0.3, 0.4) is 0 Å². The normalized spacial score (nSPS) is 17.4. The van der Waals surface area contributed by atoms with Crippen LogP contribution in [0.5, 0.6) is 0 Å². The van der Waals surface area contributed by atoms with E-state index in [1.807, 2.05) is 0 Å². The van der Waals surface area contributed by atoms with Crippen LogP contribution < -0.4 is 0 Å². The quantitative estimate of drug-likeness (QED) is 0.507. The SMILES string of the molecule is CCOC(C)(C)OP(=O)(O)CO. The van der Waals surface area contributed by atoms with Gasteiger partial charge in [0, 0.05) is 6.61 Å². The second-order valence-electron chi connectivity index (χ2n) is 2.70. The first kappa shape index (κ1) is 12.1. The highest BCUT2D eigenvalue weighted by Crippen LogP contribution is 2.44. The molecule has 0 spiro atoms. The molecule has 0 aromatic rings. The third-order valence-electron chi connectivity index (χ3n) is 1.03. The fraction of sp³-hybridized carbons (Fsp3) is 1.00. The van der Waals surface area contributed by atoms with E-state index in [4.69, 9.17) is 14.7 Å². The standard InChI is InChI=1S/C6H15O5P/c1-4-10-6(2,3)11-12(8,9)5-7/h7H,4-5H2,1-3H3,(H,8,9). The van der Waals surface area contributed by atoms with Crippen LogP contribution in [-0.4, -0.2) is 28.7 Å². The van der Waals surface area contributed by atoms with E-state index < -0.39 is 19.7 Å². The molecule has 0 bridgehead atoms. The molecule has 0 aliphatic rings. The average molecular weight is 198 g/mol. The Morgan fingerprint density at radius 1 is 1.50 bits per heavy atom. The molecule has 74 valence electrons. The summed E-state index contributed by atoms with van der Waals surface area (Å²) >= 11 is 0. The molecule has 1 atom stereocenters. The smallest absolute Gasteiger partial charge is 0.355 e. The number of rotatable bonds is 5. The van der Waals surface area contributed by atoms with E-state index in [1.54, 1.807) is 6.92 Å². The lowest BCUT2D eigenvalue weighted by atomic mass is 10.4. The lowest BCUT2D eigenvalue weighted by Gasteiger charge is -2.26. The van der Waals surface area contributed by atoms with Gasteiger partial charge in [-0.05, 0) is 20.8 Å². The van der Waals surface area contributed by atoms with Gasteiger partial charge in [-0.15, -0.1) is 0 Å². The molecule has 0 aliphatic carbocycles. The maximum absolute atomic E-state index is 10.9. The summed E-state index contributed by atoms with van der Waals surface area (Å²) in [7, 11) is -3.89.